The van der Waals surface area contributed by atoms with Gasteiger partial charge in [-0.2, -0.15) is 0 Å². The highest BCUT2D eigenvalue weighted by molar-refractivity contribution is 6.31. The molecule has 0 atom stereocenters. The van der Waals surface area contributed by atoms with Gasteiger partial charge in [0, 0.05) is 31.9 Å². The van der Waals surface area contributed by atoms with Crippen molar-refractivity contribution >= 4 is 17.4 Å². The molecule has 0 spiro atoms. The largest absolute Gasteiger partial charge is 0.360 e. The molecule has 1 rings (SSSR count). The van der Waals surface area contributed by atoms with Gasteiger partial charge < -0.3 is 10.2 Å². The third kappa shape index (κ3) is 4.52. The standard InChI is InChI=1S/C13H22ClN3/c1-6-17(5)12-7-10(11(14)9-15-12)8-16-13(2,3)4/h7,9,16H,6,8H2,1-5H3. The maximum absolute atomic E-state index is 6.15. The first-order chi connectivity index (χ1) is 7.83. The number of pyridine rings is 1. The van der Waals surface area contributed by atoms with Gasteiger partial charge in [-0.25, -0.2) is 4.98 Å². The molecule has 1 N–H and O–H groups in total. The molecule has 17 heavy (non-hydrogen) atoms. The van der Waals surface area contributed by atoms with E-state index in [4.69, 9.17) is 11.6 Å². The second-order valence-corrected chi connectivity index (χ2v) is 5.66. The van der Waals surface area contributed by atoms with Crippen LogP contribution in [0.3, 0.4) is 0 Å². The molecule has 0 aliphatic heterocycles. The van der Waals surface area contributed by atoms with Gasteiger partial charge in [-0.15, -0.1) is 0 Å². The van der Waals surface area contributed by atoms with Crippen molar-refractivity contribution in [2.75, 3.05) is 18.5 Å². The minimum absolute atomic E-state index is 0.0867. The van der Waals surface area contributed by atoms with E-state index in [1.165, 1.54) is 0 Å². The Labute approximate surface area is 109 Å². The van der Waals surface area contributed by atoms with Crippen LogP contribution < -0.4 is 10.2 Å². The van der Waals surface area contributed by atoms with Crippen LogP contribution in [-0.2, 0) is 6.54 Å². The summed E-state index contributed by atoms with van der Waals surface area (Å²) >= 11 is 6.15. The van der Waals surface area contributed by atoms with E-state index in [1.807, 2.05) is 13.1 Å². The second kappa shape index (κ2) is 5.69. The first-order valence-corrected chi connectivity index (χ1v) is 6.32. The van der Waals surface area contributed by atoms with E-state index in [0.717, 1.165) is 29.5 Å². The Balaban J connectivity index is 2.83. The molecule has 0 aliphatic carbocycles. The molecule has 0 aromatic carbocycles. The van der Waals surface area contributed by atoms with Crippen molar-refractivity contribution in [3.63, 3.8) is 0 Å². The first kappa shape index (κ1) is 14.3. The van der Waals surface area contributed by atoms with Crippen LogP contribution in [-0.4, -0.2) is 24.1 Å². The molecule has 0 bridgehead atoms. The smallest absolute Gasteiger partial charge is 0.128 e. The summed E-state index contributed by atoms with van der Waals surface area (Å²) < 4.78 is 0. The predicted octanol–water partition coefficient (Wildman–Crippen LogP) is 3.08. The Kier molecular flexibility index (Phi) is 4.78. The van der Waals surface area contributed by atoms with Crippen molar-refractivity contribution in [2.45, 2.75) is 39.8 Å². The lowest BCUT2D eigenvalue weighted by molar-refractivity contribution is 0.424. The van der Waals surface area contributed by atoms with Crippen LogP contribution in [0.4, 0.5) is 5.82 Å². The molecular weight excluding hydrogens is 234 g/mol. The predicted molar refractivity (Wildman–Crippen MR) is 74.8 cm³/mol. The summed E-state index contributed by atoms with van der Waals surface area (Å²) in [4.78, 5) is 6.41. The van der Waals surface area contributed by atoms with E-state index in [-0.39, 0.29) is 5.54 Å². The molecule has 4 heteroatoms. The molecule has 96 valence electrons. The van der Waals surface area contributed by atoms with Gasteiger partial charge in [0.15, 0.2) is 0 Å². The van der Waals surface area contributed by atoms with Gasteiger partial charge in [0.1, 0.15) is 5.82 Å². The lowest BCUT2D eigenvalue weighted by Gasteiger charge is -2.22. The van der Waals surface area contributed by atoms with Gasteiger partial charge in [0.25, 0.3) is 0 Å². The van der Waals surface area contributed by atoms with E-state index in [0.29, 0.717) is 0 Å². The van der Waals surface area contributed by atoms with Crippen LogP contribution in [0.5, 0.6) is 0 Å². The third-order valence-electron chi connectivity index (χ3n) is 2.59. The third-order valence-corrected chi connectivity index (χ3v) is 2.94. The van der Waals surface area contributed by atoms with Crippen LogP contribution in [0.1, 0.15) is 33.3 Å². The fourth-order valence-electron chi connectivity index (χ4n) is 1.33. The Hall–Kier alpha value is -0.800. The molecule has 0 saturated heterocycles. The number of anilines is 1. The van der Waals surface area contributed by atoms with Crippen LogP contribution in [0.2, 0.25) is 5.02 Å². The number of aromatic nitrogens is 1. The minimum Gasteiger partial charge on any atom is -0.360 e. The molecule has 0 saturated carbocycles. The Morgan fingerprint density at radius 2 is 2.06 bits per heavy atom. The number of hydrogen-bond donors (Lipinski definition) is 1. The summed E-state index contributed by atoms with van der Waals surface area (Å²) in [6.45, 7) is 10.2. The lowest BCUT2D eigenvalue weighted by Crippen LogP contribution is -2.35. The zero-order valence-corrected chi connectivity index (χ0v) is 12.1. The van der Waals surface area contributed by atoms with E-state index in [1.54, 1.807) is 6.20 Å². The highest BCUT2D eigenvalue weighted by atomic mass is 35.5. The molecule has 0 amide bonds. The van der Waals surface area contributed by atoms with E-state index in [2.05, 4.69) is 42.9 Å². The lowest BCUT2D eigenvalue weighted by atomic mass is 10.1. The van der Waals surface area contributed by atoms with Crippen molar-refractivity contribution in [1.82, 2.24) is 10.3 Å². The number of halogens is 1. The fourth-order valence-corrected chi connectivity index (χ4v) is 1.50. The zero-order chi connectivity index (χ0) is 13.1. The molecule has 1 aromatic rings. The van der Waals surface area contributed by atoms with Gasteiger partial charge in [0.2, 0.25) is 0 Å². The molecule has 0 fully saturated rings. The summed E-state index contributed by atoms with van der Waals surface area (Å²) in [5.74, 6) is 0.961. The summed E-state index contributed by atoms with van der Waals surface area (Å²) in [6.07, 6.45) is 1.72. The Morgan fingerprint density at radius 1 is 1.41 bits per heavy atom. The van der Waals surface area contributed by atoms with Crippen LogP contribution in [0.25, 0.3) is 0 Å². The molecule has 0 aliphatic rings. The van der Waals surface area contributed by atoms with E-state index < -0.39 is 0 Å². The Morgan fingerprint density at radius 3 is 2.59 bits per heavy atom. The van der Waals surface area contributed by atoms with Gasteiger partial charge in [-0.1, -0.05) is 11.6 Å². The van der Waals surface area contributed by atoms with Gasteiger partial charge in [0.05, 0.1) is 5.02 Å². The topological polar surface area (TPSA) is 28.2 Å². The zero-order valence-electron chi connectivity index (χ0n) is 11.3. The molecular formula is C13H22ClN3. The highest BCUT2D eigenvalue weighted by Crippen LogP contribution is 2.20. The number of rotatable bonds is 4. The van der Waals surface area contributed by atoms with Crippen molar-refractivity contribution in [3.8, 4) is 0 Å². The van der Waals surface area contributed by atoms with Gasteiger partial charge >= 0.3 is 0 Å². The molecule has 0 unspecified atom stereocenters. The van der Waals surface area contributed by atoms with Crippen LogP contribution >= 0.6 is 11.6 Å². The molecule has 1 heterocycles. The Bertz CT molecular complexity index is 371. The summed E-state index contributed by atoms with van der Waals surface area (Å²) in [6, 6.07) is 2.05. The molecule has 0 radical (unpaired) electrons. The van der Waals surface area contributed by atoms with Crippen molar-refractivity contribution in [1.29, 1.82) is 0 Å². The van der Waals surface area contributed by atoms with Gasteiger partial charge in [-0.05, 0) is 39.3 Å². The number of nitrogens with zero attached hydrogens (tertiary/aromatic N) is 2. The van der Waals surface area contributed by atoms with Crippen molar-refractivity contribution in [3.05, 3.63) is 22.8 Å². The highest BCUT2D eigenvalue weighted by Gasteiger charge is 2.11. The monoisotopic (exact) mass is 255 g/mol. The summed E-state index contributed by atoms with van der Waals surface area (Å²) in [5, 5.41) is 4.15. The number of hydrogen-bond acceptors (Lipinski definition) is 3. The summed E-state index contributed by atoms with van der Waals surface area (Å²) in [7, 11) is 2.03. The average molecular weight is 256 g/mol. The van der Waals surface area contributed by atoms with E-state index in [9.17, 15) is 0 Å². The normalized spacial score (nSPS) is 11.6. The second-order valence-electron chi connectivity index (χ2n) is 5.25. The van der Waals surface area contributed by atoms with Crippen LogP contribution in [0.15, 0.2) is 12.3 Å². The molecule has 1 aromatic heterocycles. The fraction of sp³-hybridized carbons (Fsp3) is 0.615. The SMILES string of the molecule is CCN(C)c1cc(CNC(C)(C)C)c(Cl)cn1. The van der Waals surface area contributed by atoms with Crippen molar-refractivity contribution in [2.24, 2.45) is 0 Å². The van der Waals surface area contributed by atoms with Crippen molar-refractivity contribution < 1.29 is 0 Å². The van der Waals surface area contributed by atoms with E-state index >= 15 is 0 Å². The quantitative estimate of drug-likeness (QED) is 0.896. The first-order valence-electron chi connectivity index (χ1n) is 5.94. The maximum atomic E-state index is 6.15. The minimum atomic E-state index is 0.0867. The number of nitrogens with one attached hydrogen (secondary N) is 1. The maximum Gasteiger partial charge on any atom is 0.128 e. The average Bonchev–Trinajstić information content (AvgIpc) is 2.26. The van der Waals surface area contributed by atoms with Crippen LogP contribution in [0, 0.1) is 0 Å². The summed E-state index contributed by atoms with van der Waals surface area (Å²) in [5.41, 5.74) is 1.18. The molecule has 3 nitrogen and oxygen atoms in total. The van der Waals surface area contributed by atoms with Gasteiger partial charge in [-0.3, -0.25) is 0 Å².